The molecule has 0 amide bonds. The Balaban J connectivity index is 1.53. The second kappa shape index (κ2) is 12.7. The number of methoxy groups -OCH3 is 2. The number of carbonyl (C=O) groups excluding carboxylic acids is 1. The Hall–Kier alpha value is -4.34. The number of hydrogen-bond acceptors (Lipinski definition) is 8. The van der Waals surface area contributed by atoms with Gasteiger partial charge in [0.05, 0.1) is 42.7 Å². The van der Waals surface area contributed by atoms with Gasteiger partial charge in [-0.1, -0.05) is 59.3 Å². The molecule has 1 aliphatic heterocycles. The molecule has 8 nitrogen and oxygen atoms in total. The van der Waals surface area contributed by atoms with Gasteiger partial charge in [-0.3, -0.25) is 9.36 Å². The largest absolute Gasteiger partial charge is 0.493 e. The molecule has 10 heteroatoms. The number of esters is 1. The molecular weight excluding hydrogens is 576 g/mol. The van der Waals surface area contributed by atoms with Gasteiger partial charge < -0.3 is 18.9 Å². The van der Waals surface area contributed by atoms with Gasteiger partial charge in [-0.25, -0.2) is 9.79 Å². The van der Waals surface area contributed by atoms with Crippen LogP contribution < -0.4 is 29.1 Å². The average molecular weight is 605 g/mol. The van der Waals surface area contributed by atoms with E-state index in [1.54, 1.807) is 39.2 Å². The normalized spacial score (nSPS) is 14.7. The summed E-state index contributed by atoms with van der Waals surface area (Å²) in [5.41, 5.74) is 2.88. The Morgan fingerprint density at radius 1 is 1.05 bits per heavy atom. The second-order valence-corrected chi connectivity index (χ2v) is 10.8. The van der Waals surface area contributed by atoms with Crippen LogP contribution in [0.15, 0.2) is 87.8 Å². The first kappa shape index (κ1) is 29.2. The average Bonchev–Trinajstić information content (AvgIpc) is 3.30. The van der Waals surface area contributed by atoms with Gasteiger partial charge in [0.2, 0.25) is 0 Å². The third kappa shape index (κ3) is 5.84. The van der Waals surface area contributed by atoms with Crippen molar-refractivity contribution in [2.75, 3.05) is 20.8 Å². The molecule has 0 aliphatic carbocycles. The van der Waals surface area contributed by atoms with Gasteiger partial charge in [0.15, 0.2) is 16.3 Å². The van der Waals surface area contributed by atoms with Crippen molar-refractivity contribution in [3.05, 3.63) is 119 Å². The molecule has 0 saturated heterocycles. The van der Waals surface area contributed by atoms with E-state index in [1.807, 2.05) is 54.6 Å². The first-order valence-corrected chi connectivity index (χ1v) is 14.4. The van der Waals surface area contributed by atoms with E-state index in [4.69, 9.17) is 30.5 Å². The summed E-state index contributed by atoms with van der Waals surface area (Å²) >= 11 is 7.49. The number of halogens is 1. The lowest BCUT2D eigenvalue weighted by Crippen LogP contribution is -2.39. The summed E-state index contributed by atoms with van der Waals surface area (Å²) in [6.07, 6.45) is 1.80. The van der Waals surface area contributed by atoms with Crippen molar-refractivity contribution in [1.29, 1.82) is 0 Å². The number of ether oxygens (including phenoxy) is 4. The van der Waals surface area contributed by atoms with Crippen LogP contribution in [0.4, 0.5) is 0 Å². The standard InChI is InChI=1S/C32H29ClN2O6S/c1-5-40-31(37)28-19(2)34-32-35(29(28)21-12-15-25(38-3)26(17-21)39-4)30(36)27(42-32)16-20-10-13-23(14-11-20)41-18-22-8-6-7-9-24(22)33/h6-17,29H,5,18H2,1-4H3/b27-16-. The number of benzene rings is 3. The zero-order valence-corrected chi connectivity index (χ0v) is 25.1. The summed E-state index contributed by atoms with van der Waals surface area (Å²) in [6.45, 7) is 4.02. The predicted molar refractivity (Wildman–Crippen MR) is 162 cm³/mol. The van der Waals surface area contributed by atoms with Gasteiger partial charge in [-0.2, -0.15) is 0 Å². The van der Waals surface area contributed by atoms with Crippen LogP contribution in [-0.2, 0) is 16.1 Å². The van der Waals surface area contributed by atoms with Crippen LogP contribution in [0.3, 0.4) is 0 Å². The van der Waals surface area contributed by atoms with E-state index in [2.05, 4.69) is 4.99 Å². The number of hydrogen-bond donors (Lipinski definition) is 0. The van der Waals surface area contributed by atoms with Crippen LogP contribution >= 0.6 is 22.9 Å². The smallest absolute Gasteiger partial charge is 0.338 e. The minimum Gasteiger partial charge on any atom is -0.493 e. The molecule has 0 bridgehead atoms. The Labute approximate surface area is 251 Å². The van der Waals surface area contributed by atoms with E-state index < -0.39 is 12.0 Å². The Morgan fingerprint density at radius 2 is 1.79 bits per heavy atom. The molecule has 1 aliphatic rings. The Kier molecular flexibility index (Phi) is 8.80. The molecule has 3 aromatic carbocycles. The molecule has 42 heavy (non-hydrogen) atoms. The molecule has 1 unspecified atom stereocenters. The summed E-state index contributed by atoms with van der Waals surface area (Å²) in [6, 6.07) is 19.5. The number of carbonyl (C=O) groups is 1. The van der Waals surface area contributed by atoms with Crippen LogP contribution in [0, 0.1) is 0 Å². The molecule has 216 valence electrons. The van der Waals surface area contributed by atoms with Gasteiger partial charge in [-0.15, -0.1) is 0 Å². The number of aromatic nitrogens is 1. The number of thiazole rings is 1. The zero-order valence-electron chi connectivity index (χ0n) is 23.5. The van der Waals surface area contributed by atoms with Crippen LogP contribution in [0.25, 0.3) is 6.08 Å². The number of fused-ring (bicyclic) bond motifs is 1. The maximum absolute atomic E-state index is 13.9. The van der Waals surface area contributed by atoms with Gasteiger partial charge in [-0.05, 0) is 61.4 Å². The highest BCUT2D eigenvalue weighted by Gasteiger charge is 2.33. The molecule has 0 radical (unpaired) electrons. The van der Waals surface area contributed by atoms with E-state index in [0.717, 1.165) is 11.1 Å². The molecule has 0 N–H and O–H groups in total. The highest BCUT2D eigenvalue weighted by molar-refractivity contribution is 7.07. The lowest BCUT2D eigenvalue weighted by molar-refractivity contribution is -0.139. The van der Waals surface area contributed by atoms with Gasteiger partial charge in [0, 0.05) is 10.6 Å². The molecule has 4 aromatic rings. The fourth-order valence-corrected chi connectivity index (χ4v) is 5.95. The van der Waals surface area contributed by atoms with Crippen LogP contribution in [-0.4, -0.2) is 31.4 Å². The van der Waals surface area contributed by atoms with Crippen molar-refractivity contribution in [2.24, 2.45) is 4.99 Å². The zero-order chi connectivity index (χ0) is 29.8. The maximum atomic E-state index is 13.9. The van der Waals surface area contributed by atoms with Crippen molar-refractivity contribution in [2.45, 2.75) is 26.5 Å². The number of allylic oxidation sites excluding steroid dienone is 1. The first-order valence-electron chi connectivity index (χ1n) is 13.2. The van der Waals surface area contributed by atoms with Crippen LogP contribution in [0.1, 0.15) is 36.6 Å². The SMILES string of the molecule is CCOC(=O)C1=C(C)N=c2s/c(=C\c3ccc(OCc4ccccc4Cl)cc3)c(=O)n2C1c1ccc(OC)c(OC)c1. The quantitative estimate of drug-likeness (QED) is 0.249. The molecule has 2 heterocycles. The lowest BCUT2D eigenvalue weighted by Gasteiger charge is -2.25. The first-order chi connectivity index (χ1) is 20.3. The third-order valence-electron chi connectivity index (χ3n) is 6.77. The van der Waals surface area contributed by atoms with Crippen molar-refractivity contribution in [3.8, 4) is 17.2 Å². The topological polar surface area (TPSA) is 88.4 Å². The monoisotopic (exact) mass is 604 g/mol. The minimum atomic E-state index is -0.761. The summed E-state index contributed by atoms with van der Waals surface area (Å²) in [7, 11) is 3.08. The van der Waals surface area contributed by atoms with Crippen molar-refractivity contribution >= 4 is 35.0 Å². The molecule has 1 aromatic heterocycles. The molecule has 0 fully saturated rings. The molecule has 5 rings (SSSR count). The summed E-state index contributed by atoms with van der Waals surface area (Å²) in [5.74, 6) is 1.16. The minimum absolute atomic E-state index is 0.191. The fourth-order valence-electron chi connectivity index (χ4n) is 4.72. The summed E-state index contributed by atoms with van der Waals surface area (Å²) < 4.78 is 24.2. The van der Waals surface area contributed by atoms with E-state index in [0.29, 0.717) is 55.0 Å². The Morgan fingerprint density at radius 3 is 2.48 bits per heavy atom. The number of nitrogens with zero attached hydrogens (tertiary/aromatic N) is 2. The maximum Gasteiger partial charge on any atom is 0.338 e. The van der Waals surface area contributed by atoms with Crippen molar-refractivity contribution in [1.82, 2.24) is 4.57 Å². The highest BCUT2D eigenvalue weighted by Crippen LogP contribution is 2.36. The second-order valence-electron chi connectivity index (χ2n) is 9.37. The van der Waals surface area contributed by atoms with Gasteiger partial charge >= 0.3 is 5.97 Å². The van der Waals surface area contributed by atoms with Crippen LogP contribution in [0.5, 0.6) is 17.2 Å². The molecule has 1 atom stereocenters. The van der Waals surface area contributed by atoms with Gasteiger partial charge in [0.25, 0.3) is 5.56 Å². The summed E-state index contributed by atoms with van der Waals surface area (Å²) in [4.78, 5) is 32.1. The van der Waals surface area contributed by atoms with E-state index in [9.17, 15) is 9.59 Å². The van der Waals surface area contributed by atoms with Crippen LogP contribution in [0.2, 0.25) is 5.02 Å². The van der Waals surface area contributed by atoms with Gasteiger partial charge in [0.1, 0.15) is 12.4 Å². The summed E-state index contributed by atoms with van der Waals surface area (Å²) in [5, 5.41) is 0.650. The fraction of sp³-hybridized carbons (Fsp3) is 0.219. The molecule has 0 saturated carbocycles. The molecule has 0 spiro atoms. The van der Waals surface area contributed by atoms with Crippen molar-refractivity contribution < 1.29 is 23.7 Å². The van der Waals surface area contributed by atoms with E-state index in [-0.39, 0.29) is 12.2 Å². The highest BCUT2D eigenvalue weighted by atomic mass is 35.5. The number of rotatable bonds is 9. The van der Waals surface area contributed by atoms with Crippen molar-refractivity contribution in [3.63, 3.8) is 0 Å². The Bertz CT molecular complexity index is 1840. The van der Waals surface area contributed by atoms with E-state index in [1.165, 1.54) is 23.0 Å². The predicted octanol–water partition coefficient (Wildman–Crippen LogP) is 5.05. The molecular formula is C32H29ClN2O6S. The lowest BCUT2D eigenvalue weighted by atomic mass is 9.95. The third-order valence-corrected chi connectivity index (χ3v) is 8.12. The van der Waals surface area contributed by atoms with E-state index >= 15 is 0 Å².